The summed E-state index contributed by atoms with van der Waals surface area (Å²) in [6.07, 6.45) is 0. The third-order valence-corrected chi connectivity index (χ3v) is 4.22. The van der Waals surface area contributed by atoms with Gasteiger partial charge in [0.1, 0.15) is 11.6 Å². The number of sulfonamides is 1. The Bertz CT molecular complexity index is 697. The van der Waals surface area contributed by atoms with E-state index < -0.39 is 21.9 Å². The predicted octanol–water partition coefficient (Wildman–Crippen LogP) is 1.92. The molecule has 20 heavy (non-hydrogen) atoms. The van der Waals surface area contributed by atoms with Crippen LogP contribution < -0.4 is 10.5 Å². The number of furan rings is 1. The van der Waals surface area contributed by atoms with Crippen LogP contribution in [0.4, 0.5) is 4.39 Å². The van der Waals surface area contributed by atoms with Gasteiger partial charge >= 0.3 is 0 Å². The molecule has 108 valence electrons. The third kappa shape index (κ3) is 3.06. The highest BCUT2D eigenvalue weighted by Gasteiger charge is 2.23. The second kappa shape index (κ2) is 5.74. The van der Waals surface area contributed by atoms with Gasteiger partial charge in [-0.1, -0.05) is 18.2 Å². The number of hydrogen-bond donors (Lipinski definition) is 2. The van der Waals surface area contributed by atoms with Gasteiger partial charge in [0.05, 0.1) is 6.54 Å². The van der Waals surface area contributed by atoms with Crippen LogP contribution in [0.5, 0.6) is 0 Å². The van der Waals surface area contributed by atoms with Gasteiger partial charge in [0, 0.05) is 11.6 Å². The second-order valence-corrected chi connectivity index (χ2v) is 5.93. The van der Waals surface area contributed by atoms with E-state index in [1.807, 2.05) is 0 Å². The molecule has 0 amide bonds. The summed E-state index contributed by atoms with van der Waals surface area (Å²) in [5, 5.41) is -0.235. The third-order valence-electron chi connectivity index (χ3n) is 2.81. The van der Waals surface area contributed by atoms with Gasteiger partial charge in [-0.2, -0.15) is 0 Å². The summed E-state index contributed by atoms with van der Waals surface area (Å²) in [5.41, 5.74) is 5.63. The molecule has 1 heterocycles. The molecule has 2 rings (SSSR count). The van der Waals surface area contributed by atoms with Crippen molar-refractivity contribution in [1.82, 2.24) is 4.72 Å². The Balaban J connectivity index is 2.22. The SMILES string of the molecule is CC(NS(=O)(=O)c1ccc(CN)o1)c1ccccc1F. The fourth-order valence-corrected chi connectivity index (χ4v) is 2.97. The maximum atomic E-state index is 13.6. The molecule has 1 atom stereocenters. The molecule has 5 nitrogen and oxygen atoms in total. The van der Waals surface area contributed by atoms with Crippen LogP contribution >= 0.6 is 0 Å². The van der Waals surface area contributed by atoms with Crippen molar-refractivity contribution in [2.75, 3.05) is 0 Å². The number of nitrogens with one attached hydrogen (secondary N) is 1. The van der Waals surface area contributed by atoms with Crippen LogP contribution in [0.1, 0.15) is 24.3 Å². The number of hydrogen-bond acceptors (Lipinski definition) is 4. The molecule has 1 unspecified atom stereocenters. The minimum absolute atomic E-state index is 0.110. The lowest BCUT2D eigenvalue weighted by Gasteiger charge is -2.14. The summed E-state index contributed by atoms with van der Waals surface area (Å²) < 4.78 is 45.2. The van der Waals surface area contributed by atoms with Crippen LogP contribution in [0.15, 0.2) is 45.9 Å². The van der Waals surface area contributed by atoms with Gasteiger partial charge in [-0.05, 0) is 25.1 Å². The molecule has 0 aliphatic rings. The maximum Gasteiger partial charge on any atom is 0.274 e. The molecular formula is C13H15FN2O3S. The molecule has 0 fully saturated rings. The standard InChI is InChI=1S/C13H15FN2O3S/c1-9(11-4-2-3-5-12(11)14)16-20(17,18)13-7-6-10(8-15)19-13/h2-7,9,16H,8,15H2,1H3. The van der Waals surface area contributed by atoms with Crippen molar-refractivity contribution in [1.29, 1.82) is 0 Å². The lowest BCUT2D eigenvalue weighted by atomic mass is 10.1. The summed E-state index contributed by atoms with van der Waals surface area (Å²) in [7, 11) is -3.85. The Morgan fingerprint density at radius 3 is 2.60 bits per heavy atom. The molecule has 0 aliphatic carbocycles. The molecule has 7 heteroatoms. The van der Waals surface area contributed by atoms with Crippen molar-refractivity contribution in [3.05, 3.63) is 53.5 Å². The Morgan fingerprint density at radius 1 is 1.30 bits per heavy atom. The minimum atomic E-state index is -3.85. The number of rotatable bonds is 5. The van der Waals surface area contributed by atoms with Crippen LogP contribution in [0, 0.1) is 5.82 Å². The zero-order chi connectivity index (χ0) is 14.8. The van der Waals surface area contributed by atoms with Crippen LogP contribution in [-0.2, 0) is 16.6 Å². The van der Waals surface area contributed by atoms with Crippen molar-refractivity contribution in [3.63, 3.8) is 0 Å². The van der Waals surface area contributed by atoms with E-state index in [0.717, 1.165) is 0 Å². The van der Waals surface area contributed by atoms with E-state index in [9.17, 15) is 12.8 Å². The molecule has 1 aromatic carbocycles. The van der Waals surface area contributed by atoms with Crippen molar-refractivity contribution >= 4 is 10.0 Å². The Kier molecular flexibility index (Phi) is 4.22. The molecule has 0 bridgehead atoms. The summed E-state index contributed by atoms with van der Waals surface area (Å²) in [5.74, 6) is -0.103. The molecule has 0 saturated heterocycles. The van der Waals surface area contributed by atoms with Gasteiger partial charge < -0.3 is 10.2 Å². The predicted molar refractivity (Wildman–Crippen MR) is 71.7 cm³/mol. The minimum Gasteiger partial charge on any atom is -0.447 e. The summed E-state index contributed by atoms with van der Waals surface area (Å²) in [6, 6.07) is 8.08. The zero-order valence-corrected chi connectivity index (χ0v) is 11.7. The molecule has 0 radical (unpaired) electrons. The van der Waals surface area contributed by atoms with Crippen molar-refractivity contribution in [3.8, 4) is 0 Å². The lowest BCUT2D eigenvalue weighted by Crippen LogP contribution is -2.27. The topological polar surface area (TPSA) is 85.3 Å². The first-order valence-corrected chi connectivity index (χ1v) is 7.48. The van der Waals surface area contributed by atoms with E-state index in [4.69, 9.17) is 10.2 Å². The molecule has 0 aliphatic heterocycles. The quantitative estimate of drug-likeness (QED) is 0.883. The lowest BCUT2D eigenvalue weighted by molar-refractivity contribution is 0.410. The maximum absolute atomic E-state index is 13.6. The number of halogens is 1. The van der Waals surface area contributed by atoms with E-state index in [1.165, 1.54) is 24.3 Å². The van der Waals surface area contributed by atoms with Gasteiger partial charge in [0.2, 0.25) is 5.09 Å². The number of nitrogens with two attached hydrogens (primary N) is 1. The van der Waals surface area contributed by atoms with Crippen LogP contribution in [0.2, 0.25) is 0 Å². The molecule has 3 N–H and O–H groups in total. The first-order chi connectivity index (χ1) is 9.44. The summed E-state index contributed by atoms with van der Waals surface area (Å²) >= 11 is 0. The average molecular weight is 298 g/mol. The zero-order valence-electron chi connectivity index (χ0n) is 10.8. The number of benzene rings is 1. The van der Waals surface area contributed by atoms with Gasteiger partial charge in [-0.25, -0.2) is 17.5 Å². The summed E-state index contributed by atoms with van der Waals surface area (Å²) in [6.45, 7) is 1.67. The van der Waals surface area contributed by atoms with Crippen molar-refractivity contribution < 1.29 is 17.2 Å². The first-order valence-electron chi connectivity index (χ1n) is 5.99. The second-order valence-electron chi connectivity index (χ2n) is 4.29. The molecule has 1 aromatic heterocycles. The van der Waals surface area contributed by atoms with Gasteiger partial charge in [0.25, 0.3) is 10.0 Å². The fourth-order valence-electron chi connectivity index (χ4n) is 1.79. The first kappa shape index (κ1) is 14.7. The van der Waals surface area contributed by atoms with Crippen molar-refractivity contribution in [2.24, 2.45) is 5.73 Å². The highest BCUT2D eigenvalue weighted by molar-refractivity contribution is 7.89. The highest BCUT2D eigenvalue weighted by Crippen LogP contribution is 2.20. The van der Waals surface area contributed by atoms with Gasteiger partial charge in [-0.15, -0.1) is 0 Å². The van der Waals surface area contributed by atoms with E-state index >= 15 is 0 Å². The molecule has 2 aromatic rings. The normalized spacial score (nSPS) is 13.3. The van der Waals surface area contributed by atoms with Gasteiger partial charge in [0.15, 0.2) is 0 Å². The van der Waals surface area contributed by atoms with Crippen LogP contribution in [0.25, 0.3) is 0 Å². The smallest absolute Gasteiger partial charge is 0.274 e. The molecular weight excluding hydrogens is 283 g/mol. The van der Waals surface area contributed by atoms with E-state index in [1.54, 1.807) is 19.1 Å². The summed E-state index contributed by atoms with van der Waals surface area (Å²) in [4.78, 5) is 0. The molecule has 0 saturated carbocycles. The Labute approximate surface area is 116 Å². The van der Waals surface area contributed by atoms with E-state index in [0.29, 0.717) is 5.76 Å². The fraction of sp³-hybridized carbons (Fsp3) is 0.231. The van der Waals surface area contributed by atoms with Crippen LogP contribution in [0.3, 0.4) is 0 Å². The highest BCUT2D eigenvalue weighted by atomic mass is 32.2. The van der Waals surface area contributed by atoms with Crippen LogP contribution in [-0.4, -0.2) is 8.42 Å². The Morgan fingerprint density at radius 2 is 2.00 bits per heavy atom. The largest absolute Gasteiger partial charge is 0.447 e. The van der Waals surface area contributed by atoms with E-state index in [2.05, 4.69) is 4.72 Å². The molecule has 0 spiro atoms. The average Bonchev–Trinajstić information content (AvgIpc) is 2.88. The monoisotopic (exact) mass is 298 g/mol. The Hall–Kier alpha value is -1.70. The van der Waals surface area contributed by atoms with Crippen molar-refractivity contribution in [2.45, 2.75) is 24.6 Å². The van der Waals surface area contributed by atoms with Gasteiger partial charge in [-0.3, -0.25) is 0 Å². The van der Waals surface area contributed by atoms with E-state index in [-0.39, 0.29) is 17.2 Å².